The molecule has 0 spiro atoms. The molecule has 1 aliphatic heterocycles. The third kappa shape index (κ3) is 3.63. The first-order valence-electron chi connectivity index (χ1n) is 8.38. The van der Waals surface area contributed by atoms with Gasteiger partial charge in [-0.1, -0.05) is 19.9 Å². The molecule has 6 heteroatoms. The van der Waals surface area contributed by atoms with Crippen molar-refractivity contribution < 1.29 is 24.2 Å². The minimum atomic E-state index is -0.978. The standard InChI is InChI=1S/C18H23NO5/c1-10(2)7-14(18(21)22)19-17(20)13-9-12(13)11-3-4-15-16(8-11)24-6-5-23-15/h3-4,8,10,12-14H,5-7,9H2,1-2H3,(H,19,20)(H,21,22). The van der Waals surface area contributed by atoms with Crippen molar-refractivity contribution in [3.05, 3.63) is 23.8 Å². The average molecular weight is 333 g/mol. The number of carboxylic acids is 1. The lowest BCUT2D eigenvalue weighted by Gasteiger charge is -2.19. The van der Waals surface area contributed by atoms with E-state index in [1.165, 1.54) is 0 Å². The van der Waals surface area contributed by atoms with Crippen LogP contribution in [-0.4, -0.2) is 36.2 Å². The summed E-state index contributed by atoms with van der Waals surface area (Å²) < 4.78 is 11.1. The molecule has 1 fully saturated rings. The van der Waals surface area contributed by atoms with E-state index < -0.39 is 12.0 Å². The van der Waals surface area contributed by atoms with Gasteiger partial charge in [-0.05, 0) is 42.4 Å². The Hall–Kier alpha value is -2.24. The number of carbonyl (C=O) groups excluding carboxylic acids is 1. The third-order valence-corrected chi connectivity index (χ3v) is 4.44. The predicted molar refractivity (Wildman–Crippen MR) is 87.3 cm³/mol. The molecule has 1 amide bonds. The zero-order valence-corrected chi connectivity index (χ0v) is 14.0. The van der Waals surface area contributed by atoms with Gasteiger partial charge in [0.15, 0.2) is 11.5 Å². The summed E-state index contributed by atoms with van der Waals surface area (Å²) in [5.41, 5.74) is 1.04. The number of hydrogen-bond acceptors (Lipinski definition) is 4. The lowest BCUT2D eigenvalue weighted by molar-refractivity contribution is -0.142. The van der Waals surface area contributed by atoms with E-state index in [2.05, 4.69) is 5.32 Å². The number of hydrogen-bond donors (Lipinski definition) is 2. The quantitative estimate of drug-likeness (QED) is 0.833. The number of benzene rings is 1. The molecule has 0 aromatic heterocycles. The van der Waals surface area contributed by atoms with Crippen molar-refractivity contribution >= 4 is 11.9 Å². The average Bonchev–Trinajstić information content (AvgIpc) is 3.34. The van der Waals surface area contributed by atoms with Crippen LogP contribution in [0.3, 0.4) is 0 Å². The highest BCUT2D eigenvalue weighted by molar-refractivity contribution is 5.87. The maximum Gasteiger partial charge on any atom is 0.326 e. The van der Waals surface area contributed by atoms with E-state index in [1.54, 1.807) is 0 Å². The van der Waals surface area contributed by atoms with Crippen LogP contribution >= 0.6 is 0 Å². The van der Waals surface area contributed by atoms with Gasteiger partial charge in [0.2, 0.25) is 5.91 Å². The van der Waals surface area contributed by atoms with Crippen molar-refractivity contribution in [2.45, 2.75) is 38.6 Å². The van der Waals surface area contributed by atoms with E-state index in [9.17, 15) is 14.7 Å². The third-order valence-electron chi connectivity index (χ3n) is 4.44. The summed E-state index contributed by atoms with van der Waals surface area (Å²) in [5.74, 6) is 0.453. The summed E-state index contributed by atoms with van der Waals surface area (Å²) in [7, 11) is 0. The molecule has 1 aromatic carbocycles. The monoisotopic (exact) mass is 333 g/mol. The van der Waals surface area contributed by atoms with Gasteiger partial charge in [0.1, 0.15) is 19.3 Å². The number of aliphatic carboxylic acids is 1. The van der Waals surface area contributed by atoms with E-state index in [4.69, 9.17) is 9.47 Å². The molecule has 1 aromatic rings. The fourth-order valence-electron chi connectivity index (χ4n) is 3.12. The minimum Gasteiger partial charge on any atom is -0.486 e. The van der Waals surface area contributed by atoms with Crippen LogP contribution in [-0.2, 0) is 9.59 Å². The van der Waals surface area contributed by atoms with Gasteiger partial charge in [0.05, 0.1) is 0 Å². The summed E-state index contributed by atoms with van der Waals surface area (Å²) in [6, 6.07) is 4.93. The van der Waals surface area contributed by atoms with Crippen LogP contribution in [0.5, 0.6) is 11.5 Å². The molecule has 3 unspecified atom stereocenters. The molecular weight excluding hydrogens is 310 g/mol. The number of carbonyl (C=O) groups is 2. The van der Waals surface area contributed by atoms with Gasteiger partial charge in [0.25, 0.3) is 0 Å². The number of ether oxygens (including phenoxy) is 2. The van der Waals surface area contributed by atoms with E-state index in [0.29, 0.717) is 25.4 Å². The van der Waals surface area contributed by atoms with Crippen molar-refractivity contribution in [3.8, 4) is 11.5 Å². The number of amides is 1. The van der Waals surface area contributed by atoms with Crippen LogP contribution in [0.15, 0.2) is 18.2 Å². The number of nitrogens with one attached hydrogen (secondary N) is 1. The Morgan fingerprint density at radius 2 is 1.96 bits per heavy atom. The van der Waals surface area contributed by atoms with Gasteiger partial charge in [-0.15, -0.1) is 0 Å². The second-order valence-corrected chi connectivity index (χ2v) is 6.88. The van der Waals surface area contributed by atoms with Gasteiger partial charge in [-0.2, -0.15) is 0 Å². The Morgan fingerprint density at radius 3 is 2.62 bits per heavy atom. The summed E-state index contributed by atoms with van der Waals surface area (Å²) >= 11 is 0. The first kappa shape index (κ1) is 16.6. The summed E-state index contributed by atoms with van der Waals surface area (Å²) in [6.07, 6.45) is 1.17. The normalized spacial score (nSPS) is 22.8. The molecule has 24 heavy (non-hydrogen) atoms. The summed E-state index contributed by atoms with van der Waals surface area (Å²) in [4.78, 5) is 23.6. The van der Waals surface area contributed by atoms with Crippen molar-refractivity contribution in [1.29, 1.82) is 0 Å². The second-order valence-electron chi connectivity index (χ2n) is 6.88. The van der Waals surface area contributed by atoms with Gasteiger partial charge < -0.3 is 19.9 Å². The van der Waals surface area contributed by atoms with E-state index in [1.807, 2.05) is 32.0 Å². The Bertz CT molecular complexity index is 642. The Morgan fingerprint density at radius 1 is 1.25 bits per heavy atom. The fraction of sp³-hybridized carbons (Fsp3) is 0.556. The zero-order chi connectivity index (χ0) is 17.3. The van der Waals surface area contributed by atoms with Crippen molar-refractivity contribution in [2.24, 2.45) is 11.8 Å². The molecule has 2 N–H and O–H groups in total. The lowest BCUT2D eigenvalue weighted by atomic mass is 10.0. The molecule has 6 nitrogen and oxygen atoms in total. The number of carboxylic acid groups (broad SMARTS) is 1. The summed E-state index contributed by atoms with van der Waals surface area (Å²) in [6.45, 7) is 4.96. The zero-order valence-electron chi connectivity index (χ0n) is 14.0. The SMILES string of the molecule is CC(C)CC(NC(=O)C1CC1c1ccc2c(c1)OCCO2)C(=O)O. The van der Waals surface area contributed by atoms with Crippen molar-refractivity contribution in [2.75, 3.05) is 13.2 Å². The largest absolute Gasteiger partial charge is 0.486 e. The van der Waals surface area contributed by atoms with E-state index >= 15 is 0 Å². The first-order valence-corrected chi connectivity index (χ1v) is 8.38. The Kier molecular flexibility index (Phi) is 4.64. The molecule has 0 radical (unpaired) electrons. The predicted octanol–water partition coefficient (Wildman–Crippen LogP) is 2.18. The number of fused-ring (bicyclic) bond motifs is 1. The maximum atomic E-state index is 12.3. The van der Waals surface area contributed by atoms with Crippen LogP contribution < -0.4 is 14.8 Å². The summed E-state index contributed by atoms with van der Waals surface area (Å²) in [5, 5.41) is 11.9. The molecular formula is C18H23NO5. The minimum absolute atomic E-state index is 0.120. The Balaban J connectivity index is 1.62. The molecule has 1 saturated carbocycles. The van der Waals surface area contributed by atoms with Gasteiger partial charge in [0, 0.05) is 5.92 Å². The van der Waals surface area contributed by atoms with Crippen LogP contribution in [0.1, 0.15) is 38.2 Å². The van der Waals surface area contributed by atoms with Gasteiger partial charge >= 0.3 is 5.97 Å². The van der Waals surface area contributed by atoms with Gasteiger partial charge in [-0.3, -0.25) is 4.79 Å². The smallest absolute Gasteiger partial charge is 0.326 e. The highest BCUT2D eigenvalue weighted by Crippen LogP contribution is 2.49. The molecule has 1 heterocycles. The van der Waals surface area contributed by atoms with E-state index in [0.717, 1.165) is 17.7 Å². The van der Waals surface area contributed by atoms with Crippen LogP contribution in [0.2, 0.25) is 0 Å². The highest BCUT2D eigenvalue weighted by atomic mass is 16.6. The topological polar surface area (TPSA) is 84.9 Å². The molecule has 0 bridgehead atoms. The Labute approximate surface area is 141 Å². The van der Waals surface area contributed by atoms with Crippen LogP contribution in [0, 0.1) is 11.8 Å². The van der Waals surface area contributed by atoms with Crippen LogP contribution in [0.25, 0.3) is 0 Å². The van der Waals surface area contributed by atoms with Crippen LogP contribution in [0.4, 0.5) is 0 Å². The molecule has 3 rings (SSSR count). The van der Waals surface area contributed by atoms with Crippen molar-refractivity contribution in [1.82, 2.24) is 5.32 Å². The number of rotatable bonds is 6. The first-order chi connectivity index (χ1) is 11.5. The fourth-order valence-corrected chi connectivity index (χ4v) is 3.12. The molecule has 1 aliphatic carbocycles. The van der Waals surface area contributed by atoms with E-state index in [-0.39, 0.29) is 23.7 Å². The van der Waals surface area contributed by atoms with Gasteiger partial charge in [-0.25, -0.2) is 4.79 Å². The van der Waals surface area contributed by atoms with Crippen molar-refractivity contribution in [3.63, 3.8) is 0 Å². The lowest BCUT2D eigenvalue weighted by Crippen LogP contribution is -2.42. The second kappa shape index (κ2) is 6.71. The molecule has 2 aliphatic rings. The molecule has 0 saturated heterocycles. The molecule has 3 atom stereocenters. The maximum absolute atomic E-state index is 12.3. The highest BCUT2D eigenvalue weighted by Gasteiger charge is 2.45. The molecule has 130 valence electrons.